The number of ether oxygens (including phenoxy) is 1. The van der Waals surface area contributed by atoms with E-state index in [1.54, 1.807) is 17.7 Å². The van der Waals surface area contributed by atoms with Crippen LogP contribution in [0, 0.1) is 18.3 Å². The predicted molar refractivity (Wildman–Crippen MR) is 80.2 cm³/mol. The number of methoxy groups -OCH3 is 1. The van der Waals surface area contributed by atoms with Crippen molar-refractivity contribution in [1.29, 1.82) is 5.26 Å². The number of aromatic nitrogens is 1. The maximum Gasteiger partial charge on any atom is 0.143 e. The quantitative estimate of drug-likeness (QED) is 0.937. The molecular formula is C15H16ClN3O. The summed E-state index contributed by atoms with van der Waals surface area (Å²) < 4.78 is 7.12. The van der Waals surface area contributed by atoms with Crippen LogP contribution in [0.1, 0.15) is 16.8 Å². The molecule has 2 aromatic rings. The van der Waals surface area contributed by atoms with Crippen molar-refractivity contribution in [1.82, 2.24) is 4.57 Å². The van der Waals surface area contributed by atoms with Crippen molar-refractivity contribution >= 4 is 17.3 Å². The first kappa shape index (κ1) is 14.3. The molecule has 0 bridgehead atoms. The molecule has 1 N–H and O–H groups in total. The maximum absolute atomic E-state index is 8.94. The highest BCUT2D eigenvalue weighted by Crippen LogP contribution is 2.31. The van der Waals surface area contributed by atoms with E-state index in [0.29, 0.717) is 23.0 Å². The van der Waals surface area contributed by atoms with E-state index >= 15 is 0 Å². The van der Waals surface area contributed by atoms with E-state index in [9.17, 15) is 0 Å². The molecule has 4 nitrogen and oxygen atoms in total. The summed E-state index contributed by atoms with van der Waals surface area (Å²) in [6.45, 7) is 2.57. The van der Waals surface area contributed by atoms with E-state index in [4.69, 9.17) is 21.6 Å². The minimum Gasteiger partial charge on any atom is -0.495 e. The highest BCUT2D eigenvalue weighted by Gasteiger charge is 2.08. The Morgan fingerprint density at radius 3 is 2.75 bits per heavy atom. The third kappa shape index (κ3) is 2.89. The molecule has 1 aromatic heterocycles. The molecule has 2 rings (SSSR count). The lowest BCUT2D eigenvalue weighted by Gasteiger charge is -2.12. The van der Waals surface area contributed by atoms with Crippen molar-refractivity contribution in [3.05, 3.63) is 46.2 Å². The summed E-state index contributed by atoms with van der Waals surface area (Å²) in [5, 5.41) is 12.9. The topological polar surface area (TPSA) is 50.0 Å². The number of hydrogen-bond donors (Lipinski definition) is 1. The summed E-state index contributed by atoms with van der Waals surface area (Å²) in [6, 6.07) is 7.76. The standard InChI is InChI=1S/C15H16ClN3O/c1-10-4-14(15(20-3)6-13(10)16)18-8-11-5-12(7-17)19(2)9-11/h4-6,9,18H,8H2,1-3H3. The number of anilines is 1. The first-order valence-electron chi connectivity index (χ1n) is 6.18. The number of halogens is 1. The molecule has 20 heavy (non-hydrogen) atoms. The van der Waals surface area contributed by atoms with Crippen LogP contribution < -0.4 is 10.1 Å². The molecule has 1 aromatic carbocycles. The second-order valence-electron chi connectivity index (χ2n) is 4.61. The van der Waals surface area contributed by atoms with Gasteiger partial charge in [0.15, 0.2) is 0 Å². The van der Waals surface area contributed by atoms with Gasteiger partial charge in [0.1, 0.15) is 17.5 Å². The number of aryl methyl sites for hydroxylation is 2. The van der Waals surface area contributed by atoms with Gasteiger partial charge in [0.05, 0.1) is 12.8 Å². The molecule has 0 unspecified atom stereocenters. The van der Waals surface area contributed by atoms with Gasteiger partial charge in [-0.05, 0) is 30.2 Å². The zero-order chi connectivity index (χ0) is 14.7. The first-order chi connectivity index (χ1) is 9.55. The van der Waals surface area contributed by atoms with E-state index in [1.165, 1.54) is 0 Å². The summed E-state index contributed by atoms with van der Waals surface area (Å²) in [5.41, 5.74) is 3.55. The van der Waals surface area contributed by atoms with Gasteiger partial charge < -0.3 is 14.6 Å². The summed E-state index contributed by atoms with van der Waals surface area (Å²) in [6.07, 6.45) is 1.93. The Bertz CT molecular complexity index is 670. The molecule has 0 saturated heterocycles. The SMILES string of the molecule is COc1cc(Cl)c(C)cc1NCc1cc(C#N)n(C)c1. The number of nitrogens with zero attached hydrogens (tertiary/aromatic N) is 2. The van der Waals surface area contributed by atoms with Crippen LogP contribution in [0.5, 0.6) is 5.75 Å². The molecular weight excluding hydrogens is 274 g/mol. The summed E-state index contributed by atoms with van der Waals surface area (Å²) >= 11 is 6.08. The molecule has 0 atom stereocenters. The van der Waals surface area contributed by atoms with Crippen molar-refractivity contribution in [3.63, 3.8) is 0 Å². The van der Waals surface area contributed by atoms with Gasteiger partial charge in [-0.3, -0.25) is 0 Å². The molecule has 0 saturated carbocycles. The highest BCUT2D eigenvalue weighted by atomic mass is 35.5. The normalized spacial score (nSPS) is 10.2. The summed E-state index contributed by atoms with van der Waals surface area (Å²) in [7, 11) is 3.47. The maximum atomic E-state index is 8.94. The third-order valence-corrected chi connectivity index (χ3v) is 3.55. The van der Waals surface area contributed by atoms with Gasteiger partial charge >= 0.3 is 0 Å². The fraction of sp³-hybridized carbons (Fsp3) is 0.267. The second-order valence-corrected chi connectivity index (χ2v) is 5.02. The van der Waals surface area contributed by atoms with Crippen LogP contribution in [0.2, 0.25) is 5.02 Å². The van der Waals surface area contributed by atoms with Crippen LogP contribution in [-0.4, -0.2) is 11.7 Å². The molecule has 0 aliphatic heterocycles. The van der Waals surface area contributed by atoms with Crippen molar-refractivity contribution < 1.29 is 4.74 Å². The van der Waals surface area contributed by atoms with Crippen LogP contribution >= 0.6 is 11.6 Å². The summed E-state index contributed by atoms with van der Waals surface area (Å²) in [5.74, 6) is 0.706. The van der Waals surface area contributed by atoms with Gasteiger partial charge in [-0.15, -0.1) is 0 Å². The highest BCUT2D eigenvalue weighted by molar-refractivity contribution is 6.31. The Labute approximate surface area is 123 Å². The first-order valence-corrected chi connectivity index (χ1v) is 6.56. The Morgan fingerprint density at radius 1 is 1.40 bits per heavy atom. The average Bonchev–Trinajstić information content (AvgIpc) is 2.80. The smallest absolute Gasteiger partial charge is 0.143 e. The van der Waals surface area contributed by atoms with E-state index in [1.807, 2.05) is 32.3 Å². The Morgan fingerprint density at radius 2 is 2.15 bits per heavy atom. The van der Waals surface area contributed by atoms with Crippen molar-refractivity contribution in [3.8, 4) is 11.8 Å². The monoisotopic (exact) mass is 289 g/mol. The fourth-order valence-corrected chi connectivity index (χ4v) is 2.16. The Kier molecular flexibility index (Phi) is 4.21. The lowest BCUT2D eigenvalue weighted by molar-refractivity contribution is 0.416. The lowest BCUT2D eigenvalue weighted by atomic mass is 10.2. The zero-order valence-electron chi connectivity index (χ0n) is 11.7. The molecule has 0 radical (unpaired) electrons. The van der Waals surface area contributed by atoms with Gasteiger partial charge in [0.25, 0.3) is 0 Å². The average molecular weight is 290 g/mol. The Balaban J connectivity index is 2.18. The number of nitrogens with one attached hydrogen (secondary N) is 1. The zero-order valence-corrected chi connectivity index (χ0v) is 12.5. The Hall–Kier alpha value is -2.12. The fourth-order valence-electron chi connectivity index (χ4n) is 2.01. The molecule has 0 amide bonds. The van der Waals surface area contributed by atoms with Crippen LogP contribution in [0.4, 0.5) is 5.69 Å². The van der Waals surface area contributed by atoms with Crippen molar-refractivity contribution in [2.75, 3.05) is 12.4 Å². The molecule has 0 aliphatic carbocycles. The second kappa shape index (κ2) is 5.89. The van der Waals surface area contributed by atoms with Crippen LogP contribution in [0.15, 0.2) is 24.4 Å². The van der Waals surface area contributed by atoms with E-state index in [2.05, 4.69) is 11.4 Å². The largest absolute Gasteiger partial charge is 0.495 e. The van der Waals surface area contributed by atoms with Gasteiger partial charge in [-0.1, -0.05) is 11.6 Å². The molecule has 0 aliphatic rings. The molecule has 0 fully saturated rings. The lowest BCUT2D eigenvalue weighted by Crippen LogP contribution is -2.01. The molecule has 5 heteroatoms. The van der Waals surface area contributed by atoms with Gasteiger partial charge in [-0.2, -0.15) is 5.26 Å². The van der Waals surface area contributed by atoms with E-state index < -0.39 is 0 Å². The van der Waals surface area contributed by atoms with Gasteiger partial charge in [0, 0.05) is 30.9 Å². The van der Waals surface area contributed by atoms with Gasteiger partial charge in [-0.25, -0.2) is 0 Å². The number of benzene rings is 1. The van der Waals surface area contributed by atoms with E-state index in [0.717, 1.165) is 16.8 Å². The van der Waals surface area contributed by atoms with E-state index in [-0.39, 0.29) is 0 Å². The van der Waals surface area contributed by atoms with Crippen LogP contribution in [0.25, 0.3) is 0 Å². The van der Waals surface area contributed by atoms with Gasteiger partial charge in [0.2, 0.25) is 0 Å². The van der Waals surface area contributed by atoms with Crippen molar-refractivity contribution in [2.45, 2.75) is 13.5 Å². The molecule has 104 valence electrons. The van der Waals surface area contributed by atoms with Crippen LogP contribution in [-0.2, 0) is 13.6 Å². The molecule has 1 heterocycles. The number of nitriles is 1. The number of rotatable bonds is 4. The predicted octanol–water partition coefficient (Wildman–Crippen LogP) is 3.48. The van der Waals surface area contributed by atoms with Crippen LogP contribution in [0.3, 0.4) is 0 Å². The minimum atomic E-state index is 0.618. The third-order valence-electron chi connectivity index (χ3n) is 3.14. The van der Waals surface area contributed by atoms with Crippen molar-refractivity contribution in [2.24, 2.45) is 7.05 Å². The number of hydrogen-bond acceptors (Lipinski definition) is 3. The molecule has 0 spiro atoms. The summed E-state index contributed by atoms with van der Waals surface area (Å²) in [4.78, 5) is 0. The minimum absolute atomic E-state index is 0.618.